The SMILES string of the molecule is Cc1ccc(S(=O)(=O)N(C)C[C@@H]2Oc3ccc(NS(=O)(=O)c4cccs4)cc3CC(=O)N([C@H](C)CO)C[C@H]2C)cc1. The van der Waals surface area contributed by atoms with E-state index in [1.165, 1.54) is 17.4 Å². The Kier molecular flexibility index (Phi) is 9.44. The van der Waals surface area contributed by atoms with Crippen LogP contribution in [-0.4, -0.2) is 75.9 Å². The van der Waals surface area contributed by atoms with Crippen molar-refractivity contribution in [1.29, 1.82) is 0 Å². The predicted molar refractivity (Wildman–Crippen MR) is 158 cm³/mol. The lowest BCUT2D eigenvalue weighted by Gasteiger charge is -2.33. The summed E-state index contributed by atoms with van der Waals surface area (Å²) in [4.78, 5) is 15.2. The second-order valence-electron chi connectivity index (χ2n) is 10.3. The zero-order valence-electron chi connectivity index (χ0n) is 23.3. The van der Waals surface area contributed by atoms with E-state index in [4.69, 9.17) is 4.74 Å². The third-order valence-corrected chi connectivity index (χ3v) is 11.7. The average molecular weight is 622 g/mol. The number of rotatable bonds is 9. The number of carbonyl (C=O) groups is 1. The van der Waals surface area contributed by atoms with Gasteiger partial charge >= 0.3 is 0 Å². The smallest absolute Gasteiger partial charge is 0.271 e. The van der Waals surface area contributed by atoms with Crippen LogP contribution >= 0.6 is 11.3 Å². The minimum atomic E-state index is -3.82. The van der Waals surface area contributed by atoms with Gasteiger partial charge in [0.1, 0.15) is 16.1 Å². The summed E-state index contributed by atoms with van der Waals surface area (Å²) >= 11 is 1.09. The Morgan fingerprint density at radius 2 is 1.85 bits per heavy atom. The largest absolute Gasteiger partial charge is 0.488 e. The summed E-state index contributed by atoms with van der Waals surface area (Å²) in [5.74, 6) is -0.219. The molecule has 0 unspecified atom stereocenters. The summed E-state index contributed by atoms with van der Waals surface area (Å²) in [7, 11) is -6.15. The Balaban J connectivity index is 1.68. The van der Waals surface area contributed by atoms with E-state index in [-0.39, 0.29) is 52.7 Å². The van der Waals surface area contributed by atoms with Gasteiger partial charge in [0.25, 0.3) is 10.0 Å². The first-order chi connectivity index (χ1) is 19.3. The molecule has 13 heteroatoms. The molecule has 1 aliphatic rings. The van der Waals surface area contributed by atoms with Gasteiger partial charge in [-0.05, 0) is 55.6 Å². The maximum atomic E-state index is 13.4. The molecule has 0 fully saturated rings. The summed E-state index contributed by atoms with van der Waals surface area (Å²) in [6.45, 7) is 5.46. The lowest BCUT2D eigenvalue weighted by atomic mass is 10.0. The van der Waals surface area contributed by atoms with Crippen LogP contribution in [0.3, 0.4) is 0 Å². The molecule has 1 amide bonds. The van der Waals surface area contributed by atoms with Crippen molar-refractivity contribution in [2.24, 2.45) is 5.92 Å². The monoisotopic (exact) mass is 621 g/mol. The molecule has 10 nitrogen and oxygen atoms in total. The quantitative estimate of drug-likeness (QED) is 0.375. The van der Waals surface area contributed by atoms with E-state index in [1.807, 2.05) is 13.8 Å². The first-order valence-electron chi connectivity index (χ1n) is 13.1. The molecule has 4 rings (SSSR count). The topological polar surface area (TPSA) is 133 Å². The Hall–Kier alpha value is -2.97. The lowest BCUT2D eigenvalue weighted by Crippen LogP contribution is -2.48. The number of aliphatic hydroxyl groups is 1. The van der Waals surface area contributed by atoms with E-state index >= 15 is 0 Å². The van der Waals surface area contributed by atoms with Gasteiger partial charge in [-0.1, -0.05) is 30.7 Å². The number of ether oxygens (including phenoxy) is 1. The molecular weight excluding hydrogens is 587 g/mol. The highest BCUT2D eigenvalue weighted by molar-refractivity contribution is 7.94. The number of aryl methyl sites for hydroxylation is 1. The van der Waals surface area contributed by atoms with Crippen LogP contribution in [0.2, 0.25) is 0 Å². The van der Waals surface area contributed by atoms with E-state index in [0.717, 1.165) is 16.9 Å². The van der Waals surface area contributed by atoms with Crippen LogP contribution in [-0.2, 0) is 31.3 Å². The van der Waals surface area contributed by atoms with Gasteiger partial charge in [-0.2, -0.15) is 4.31 Å². The van der Waals surface area contributed by atoms with Crippen LogP contribution in [0.5, 0.6) is 5.75 Å². The van der Waals surface area contributed by atoms with Crippen LogP contribution < -0.4 is 9.46 Å². The molecule has 2 aromatic carbocycles. The third kappa shape index (κ3) is 7.09. The molecule has 0 saturated heterocycles. The lowest BCUT2D eigenvalue weighted by molar-refractivity contribution is -0.134. The highest BCUT2D eigenvalue weighted by Crippen LogP contribution is 2.31. The van der Waals surface area contributed by atoms with Crippen molar-refractivity contribution in [2.45, 2.75) is 48.4 Å². The van der Waals surface area contributed by atoms with Gasteiger partial charge in [-0.3, -0.25) is 9.52 Å². The summed E-state index contributed by atoms with van der Waals surface area (Å²) in [6.07, 6.45) is -0.752. The minimum Gasteiger partial charge on any atom is -0.488 e. The number of sulfonamides is 2. The fourth-order valence-electron chi connectivity index (χ4n) is 4.57. The molecule has 3 atom stereocenters. The Bertz CT molecular complexity index is 1570. The van der Waals surface area contributed by atoms with Gasteiger partial charge in [0.05, 0.1) is 30.5 Å². The molecule has 0 bridgehead atoms. The first kappa shape index (κ1) is 31.0. The number of hydrogen-bond donors (Lipinski definition) is 2. The molecule has 1 aromatic heterocycles. The van der Waals surface area contributed by atoms with Crippen molar-refractivity contribution in [3.05, 3.63) is 71.1 Å². The number of nitrogens with zero attached hydrogens (tertiary/aromatic N) is 2. The zero-order chi connectivity index (χ0) is 29.9. The molecule has 0 spiro atoms. The number of likely N-dealkylation sites (N-methyl/N-ethyl adjacent to an activating group) is 1. The molecule has 3 aromatic rings. The number of thiophene rings is 1. The highest BCUT2D eigenvalue weighted by atomic mass is 32.2. The zero-order valence-corrected chi connectivity index (χ0v) is 25.8. The molecule has 0 radical (unpaired) electrons. The summed E-state index contributed by atoms with van der Waals surface area (Å²) in [6, 6.07) is 14.0. The van der Waals surface area contributed by atoms with Crippen LogP contribution in [0.15, 0.2) is 69.1 Å². The van der Waals surface area contributed by atoms with Crippen molar-refractivity contribution in [1.82, 2.24) is 9.21 Å². The van der Waals surface area contributed by atoms with Crippen molar-refractivity contribution < 1.29 is 31.5 Å². The minimum absolute atomic E-state index is 0.000882. The van der Waals surface area contributed by atoms with Crippen LogP contribution in [0, 0.1) is 12.8 Å². The second kappa shape index (κ2) is 12.5. The van der Waals surface area contributed by atoms with Gasteiger partial charge in [0.2, 0.25) is 15.9 Å². The van der Waals surface area contributed by atoms with Gasteiger partial charge < -0.3 is 14.7 Å². The summed E-state index contributed by atoms with van der Waals surface area (Å²) in [5.41, 5.74) is 1.65. The van der Waals surface area contributed by atoms with Crippen LogP contribution in [0.1, 0.15) is 25.0 Å². The Morgan fingerprint density at radius 1 is 1.15 bits per heavy atom. The molecule has 2 heterocycles. The number of amides is 1. The maximum Gasteiger partial charge on any atom is 0.271 e. The number of fused-ring (bicyclic) bond motifs is 1. The molecule has 0 aliphatic carbocycles. The predicted octanol–water partition coefficient (Wildman–Crippen LogP) is 3.33. The molecule has 41 heavy (non-hydrogen) atoms. The molecular formula is C28H35N3O7S3. The van der Waals surface area contributed by atoms with E-state index < -0.39 is 32.2 Å². The van der Waals surface area contributed by atoms with Crippen molar-refractivity contribution >= 4 is 43.0 Å². The number of nitrogens with one attached hydrogen (secondary N) is 1. The van der Waals surface area contributed by atoms with E-state index in [0.29, 0.717) is 11.3 Å². The van der Waals surface area contributed by atoms with Gasteiger partial charge in [-0.15, -0.1) is 11.3 Å². The van der Waals surface area contributed by atoms with Crippen molar-refractivity contribution in [2.75, 3.05) is 31.5 Å². The molecule has 1 aliphatic heterocycles. The molecule has 0 saturated carbocycles. The Morgan fingerprint density at radius 3 is 2.49 bits per heavy atom. The average Bonchev–Trinajstić information content (AvgIpc) is 3.49. The highest BCUT2D eigenvalue weighted by Gasteiger charge is 2.33. The molecule has 222 valence electrons. The Labute approximate surface area is 245 Å². The van der Waals surface area contributed by atoms with Gasteiger partial charge in [-0.25, -0.2) is 16.8 Å². The van der Waals surface area contributed by atoms with Crippen molar-refractivity contribution in [3.8, 4) is 5.75 Å². The first-order valence-corrected chi connectivity index (χ1v) is 16.9. The summed E-state index contributed by atoms with van der Waals surface area (Å²) < 4.78 is 62.6. The maximum absolute atomic E-state index is 13.4. The van der Waals surface area contributed by atoms with E-state index in [1.54, 1.807) is 65.7 Å². The normalized spacial score (nSPS) is 19.1. The number of benzene rings is 2. The third-order valence-electron chi connectivity index (χ3n) is 7.09. The van der Waals surface area contributed by atoms with E-state index in [2.05, 4.69) is 4.72 Å². The molecule has 2 N–H and O–H groups in total. The number of carbonyl (C=O) groups excluding carboxylic acids is 1. The van der Waals surface area contributed by atoms with Gasteiger partial charge in [0.15, 0.2) is 0 Å². The van der Waals surface area contributed by atoms with Crippen LogP contribution in [0.4, 0.5) is 5.69 Å². The number of aliphatic hydroxyl groups excluding tert-OH is 1. The second-order valence-corrected chi connectivity index (χ2v) is 15.2. The number of hydrogen-bond acceptors (Lipinski definition) is 8. The van der Waals surface area contributed by atoms with E-state index in [9.17, 15) is 26.7 Å². The van der Waals surface area contributed by atoms with Gasteiger partial charge in [0, 0.05) is 30.8 Å². The number of anilines is 1. The standard InChI is InChI=1S/C28H35N3O7S3/c1-19-7-10-24(11-8-19)41(36,37)30(4)17-26-20(2)16-31(21(3)18-32)27(33)15-22-14-23(9-12-25(22)38-26)29-40(34,35)28-6-5-13-39-28/h5-14,20-21,26,29,32H,15-18H2,1-4H3/t20-,21-,26+/m1/s1. The fraction of sp³-hybridized carbons (Fsp3) is 0.393. The summed E-state index contributed by atoms with van der Waals surface area (Å²) in [5, 5.41) is 11.5. The fourth-order valence-corrected chi connectivity index (χ4v) is 7.80. The van der Waals surface area contributed by atoms with Crippen LogP contribution in [0.25, 0.3) is 0 Å². The van der Waals surface area contributed by atoms with Crippen molar-refractivity contribution in [3.63, 3.8) is 0 Å².